The van der Waals surface area contributed by atoms with E-state index in [9.17, 15) is 4.79 Å². The van der Waals surface area contributed by atoms with Crippen LogP contribution in [0.5, 0.6) is 0 Å². The third-order valence-electron chi connectivity index (χ3n) is 4.00. The van der Waals surface area contributed by atoms with Gasteiger partial charge in [0.2, 0.25) is 0 Å². The second-order valence-electron chi connectivity index (χ2n) is 6.35. The molecule has 1 aromatic carbocycles. The van der Waals surface area contributed by atoms with Gasteiger partial charge in [0.1, 0.15) is 5.69 Å². The second kappa shape index (κ2) is 9.18. The number of hydrogen-bond donors (Lipinski definition) is 2. The fourth-order valence-corrected chi connectivity index (χ4v) is 2.60. The summed E-state index contributed by atoms with van der Waals surface area (Å²) in [6, 6.07) is 9.92. The molecule has 0 spiro atoms. The van der Waals surface area contributed by atoms with E-state index in [1.807, 2.05) is 6.07 Å². The van der Waals surface area contributed by atoms with Crippen molar-refractivity contribution >= 4 is 17.3 Å². The molecule has 5 heteroatoms. The Labute approximate surface area is 149 Å². The lowest BCUT2D eigenvalue weighted by atomic mass is 9.98. The molecule has 0 unspecified atom stereocenters. The lowest BCUT2D eigenvalue weighted by Gasteiger charge is -2.17. The van der Waals surface area contributed by atoms with Crippen molar-refractivity contribution in [2.45, 2.75) is 33.1 Å². The topological polar surface area (TPSA) is 63.2 Å². The number of rotatable bonds is 8. The Kier molecular flexibility index (Phi) is 6.95. The van der Waals surface area contributed by atoms with Gasteiger partial charge >= 0.3 is 0 Å². The molecular weight excluding hydrogens is 314 g/mol. The van der Waals surface area contributed by atoms with Crippen LogP contribution in [0.2, 0.25) is 0 Å². The van der Waals surface area contributed by atoms with Crippen molar-refractivity contribution in [2.75, 3.05) is 25.6 Å². The van der Waals surface area contributed by atoms with Crippen molar-refractivity contribution in [3.05, 3.63) is 53.3 Å². The molecule has 0 aliphatic carbocycles. The summed E-state index contributed by atoms with van der Waals surface area (Å²) in [6.07, 6.45) is 2.48. The normalized spacial score (nSPS) is 10.8. The van der Waals surface area contributed by atoms with E-state index in [0.29, 0.717) is 24.8 Å². The zero-order chi connectivity index (χ0) is 18.2. The number of aromatic nitrogens is 1. The number of nitrogens with zero attached hydrogens (tertiary/aromatic N) is 1. The van der Waals surface area contributed by atoms with Crippen molar-refractivity contribution in [1.82, 2.24) is 10.3 Å². The third kappa shape index (κ3) is 5.29. The Morgan fingerprint density at radius 2 is 2.04 bits per heavy atom. The Balaban J connectivity index is 2.05. The third-order valence-corrected chi connectivity index (χ3v) is 4.00. The van der Waals surface area contributed by atoms with E-state index in [1.54, 1.807) is 19.4 Å². The Morgan fingerprint density at radius 3 is 2.68 bits per heavy atom. The molecule has 25 heavy (non-hydrogen) atoms. The molecule has 1 amide bonds. The highest BCUT2D eigenvalue weighted by Gasteiger charge is 2.10. The molecule has 5 nitrogen and oxygen atoms in total. The number of hydrogen-bond acceptors (Lipinski definition) is 4. The van der Waals surface area contributed by atoms with Gasteiger partial charge in [0.15, 0.2) is 0 Å². The molecule has 0 aliphatic rings. The minimum atomic E-state index is -0.165. The van der Waals surface area contributed by atoms with Crippen LogP contribution in [0.15, 0.2) is 36.5 Å². The van der Waals surface area contributed by atoms with Gasteiger partial charge in [-0.25, -0.2) is 4.98 Å². The van der Waals surface area contributed by atoms with E-state index in [4.69, 9.17) is 4.74 Å². The zero-order valence-corrected chi connectivity index (χ0v) is 15.4. The summed E-state index contributed by atoms with van der Waals surface area (Å²) < 4.78 is 4.96. The van der Waals surface area contributed by atoms with E-state index in [-0.39, 0.29) is 5.91 Å². The molecule has 2 rings (SSSR count). The van der Waals surface area contributed by atoms with E-state index in [2.05, 4.69) is 54.6 Å². The van der Waals surface area contributed by atoms with Gasteiger partial charge in [0.05, 0.1) is 11.9 Å². The Bertz CT molecular complexity index is 697. The summed E-state index contributed by atoms with van der Waals surface area (Å²) >= 11 is 0. The van der Waals surface area contributed by atoms with Crippen LogP contribution in [0.25, 0.3) is 0 Å². The smallest absolute Gasteiger partial charge is 0.269 e. The summed E-state index contributed by atoms with van der Waals surface area (Å²) in [5.74, 6) is 0.258. The molecule has 134 valence electrons. The summed E-state index contributed by atoms with van der Waals surface area (Å²) in [5.41, 5.74) is 4.84. The number of anilines is 2. The summed E-state index contributed by atoms with van der Waals surface area (Å²) in [7, 11) is 1.65. The van der Waals surface area contributed by atoms with Crippen molar-refractivity contribution < 1.29 is 9.53 Å². The van der Waals surface area contributed by atoms with Crippen LogP contribution in [0.3, 0.4) is 0 Å². The number of ether oxygens (including phenoxy) is 1. The molecule has 0 saturated heterocycles. The van der Waals surface area contributed by atoms with E-state index in [0.717, 1.165) is 17.8 Å². The molecule has 2 N–H and O–H groups in total. The van der Waals surface area contributed by atoms with Crippen LogP contribution in [0.1, 0.15) is 47.8 Å². The minimum absolute atomic E-state index is 0.165. The maximum atomic E-state index is 12.0. The van der Waals surface area contributed by atoms with E-state index in [1.165, 1.54) is 11.1 Å². The first-order valence-corrected chi connectivity index (χ1v) is 8.62. The van der Waals surface area contributed by atoms with Crippen LogP contribution in [-0.4, -0.2) is 31.2 Å². The first kappa shape index (κ1) is 18.9. The highest BCUT2D eigenvalue weighted by Crippen LogP contribution is 2.29. The predicted molar refractivity (Wildman–Crippen MR) is 102 cm³/mol. The lowest BCUT2D eigenvalue weighted by molar-refractivity contribution is 0.0943. The molecule has 1 aromatic heterocycles. The maximum Gasteiger partial charge on any atom is 0.269 e. The number of para-hydroxylation sites is 1. The number of aryl methyl sites for hydroxylation is 1. The fraction of sp³-hybridized carbons (Fsp3) is 0.400. The average molecular weight is 341 g/mol. The van der Waals surface area contributed by atoms with E-state index < -0.39 is 0 Å². The van der Waals surface area contributed by atoms with E-state index >= 15 is 0 Å². The molecule has 0 fully saturated rings. The average Bonchev–Trinajstić information content (AvgIpc) is 2.60. The van der Waals surface area contributed by atoms with Crippen molar-refractivity contribution in [3.63, 3.8) is 0 Å². The van der Waals surface area contributed by atoms with Crippen molar-refractivity contribution in [2.24, 2.45) is 0 Å². The summed E-state index contributed by atoms with van der Waals surface area (Å²) in [4.78, 5) is 16.3. The molecule has 0 saturated carbocycles. The number of amides is 1. The molecule has 1 heterocycles. The molecule has 0 atom stereocenters. The van der Waals surface area contributed by atoms with Gasteiger partial charge in [0.25, 0.3) is 5.91 Å². The monoisotopic (exact) mass is 341 g/mol. The number of carbonyl (C=O) groups is 1. The quantitative estimate of drug-likeness (QED) is 0.712. The van der Waals surface area contributed by atoms with Crippen molar-refractivity contribution in [1.29, 1.82) is 0 Å². The fourth-order valence-electron chi connectivity index (χ4n) is 2.60. The molecule has 0 bridgehead atoms. The van der Waals surface area contributed by atoms with Crippen LogP contribution in [0, 0.1) is 6.92 Å². The van der Waals surface area contributed by atoms with Crippen molar-refractivity contribution in [3.8, 4) is 0 Å². The lowest BCUT2D eigenvalue weighted by Crippen LogP contribution is -2.26. The molecule has 2 aromatic rings. The summed E-state index contributed by atoms with van der Waals surface area (Å²) in [6.45, 7) is 7.65. The largest absolute Gasteiger partial charge is 0.385 e. The molecular formula is C20H27N3O2. The van der Waals surface area contributed by atoms with Gasteiger partial charge < -0.3 is 15.4 Å². The van der Waals surface area contributed by atoms with Crippen LogP contribution in [-0.2, 0) is 4.74 Å². The van der Waals surface area contributed by atoms with Gasteiger partial charge in [-0.3, -0.25) is 4.79 Å². The zero-order valence-electron chi connectivity index (χ0n) is 15.4. The number of methoxy groups -OCH3 is 1. The minimum Gasteiger partial charge on any atom is -0.385 e. The predicted octanol–water partition coefficient (Wildman–Crippen LogP) is 4.02. The maximum absolute atomic E-state index is 12.0. The standard InChI is InChI=1S/C20H27N3O2/c1-14(2)17-8-5-7-15(3)19(17)23-16-9-10-18(22-13-16)20(24)21-11-6-12-25-4/h5,7-10,13-14,23H,6,11-12H2,1-4H3,(H,21,24). The van der Waals surface area contributed by atoms with Gasteiger partial charge in [0, 0.05) is 25.9 Å². The molecule has 0 aliphatic heterocycles. The Morgan fingerprint density at radius 1 is 1.24 bits per heavy atom. The number of benzene rings is 1. The number of nitrogens with one attached hydrogen (secondary N) is 2. The highest BCUT2D eigenvalue weighted by atomic mass is 16.5. The number of carbonyl (C=O) groups excluding carboxylic acids is 1. The van der Waals surface area contributed by atoms with Gasteiger partial charge in [-0.1, -0.05) is 32.0 Å². The van der Waals surface area contributed by atoms with Gasteiger partial charge in [-0.15, -0.1) is 0 Å². The molecule has 0 radical (unpaired) electrons. The highest BCUT2D eigenvalue weighted by molar-refractivity contribution is 5.92. The summed E-state index contributed by atoms with van der Waals surface area (Å²) in [5, 5.41) is 6.27. The van der Waals surface area contributed by atoms with Crippen LogP contribution >= 0.6 is 0 Å². The SMILES string of the molecule is COCCCNC(=O)c1ccc(Nc2c(C)cccc2C(C)C)cn1. The first-order chi connectivity index (χ1) is 12.0. The van der Waals surface area contributed by atoms with Gasteiger partial charge in [-0.05, 0) is 42.5 Å². The second-order valence-corrected chi connectivity index (χ2v) is 6.35. The van der Waals surface area contributed by atoms with Crippen LogP contribution in [0.4, 0.5) is 11.4 Å². The van der Waals surface area contributed by atoms with Crippen LogP contribution < -0.4 is 10.6 Å². The number of pyridine rings is 1. The van der Waals surface area contributed by atoms with Gasteiger partial charge in [-0.2, -0.15) is 0 Å². The first-order valence-electron chi connectivity index (χ1n) is 8.62. The Hall–Kier alpha value is -2.40.